The molecule has 0 aliphatic carbocycles. The molecule has 1 aromatic carbocycles. The van der Waals surface area contributed by atoms with Gasteiger partial charge < -0.3 is 15.5 Å². The molecule has 2 saturated heterocycles. The van der Waals surface area contributed by atoms with E-state index in [9.17, 15) is 9.59 Å². The van der Waals surface area contributed by atoms with Crippen molar-refractivity contribution in [1.82, 2.24) is 15.5 Å². The van der Waals surface area contributed by atoms with Crippen molar-refractivity contribution in [3.63, 3.8) is 0 Å². The lowest BCUT2D eigenvalue weighted by Crippen LogP contribution is -2.49. The molecule has 0 spiro atoms. The largest absolute Gasteiger partial charge is 0.353 e. The summed E-state index contributed by atoms with van der Waals surface area (Å²) in [6.07, 6.45) is 4.38. The smallest absolute Gasteiger partial charge is 0.230 e. The normalized spacial score (nSPS) is 20.6. The number of hydrogen-bond donors (Lipinski definition) is 2. The molecule has 2 fully saturated rings. The maximum atomic E-state index is 12.9. The molecule has 0 aromatic heterocycles. The van der Waals surface area contributed by atoms with Crippen molar-refractivity contribution in [3.05, 3.63) is 35.9 Å². The number of nitrogens with zero attached hydrogens (tertiary/aromatic N) is 1. The third-order valence-corrected chi connectivity index (χ3v) is 5.77. The van der Waals surface area contributed by atoms with Crippen LogP contribution in [0.25, 0.3) is 0 Å². The third-order valence-electron chi connectivity index (χ3n) is 5.77. The van der Waals surface area contributed by atoms with E-state index >= 15 is 0 Å². The van der Waals surface area contributed by atoms with Crippen LogP contribution >= 0.6 is 0 Å². The van der Waals surface area contributed by atoms with Gasteiger partial charge in [-0.2, -0.15) is 0 Å². The topological polar surface area (TPSA) is 61.4 Å². The second-order valence-corrected chi connectivity index (χ2v) is 7.50. The number of nitrogens with one attached hydrogen (secondary N) is 2. The fraction of sp³-hybridized carbons (Fsp3) is 0.619. The number of piperidine rings is 2. The van der Waals surface area contributed by atoms with Crippen molar-refractivity contribution in [1.29, 1.82) is 0 Å². The second kappa shape index (κ2) is 9.17. The Kier molecular flexibility index (Phi) is 6.67. The summed E-state index contributed by atoms with van der Waals surface area (Å²) in [5.74, 6) is 0.518. The second-order valence-electron chi connectivity index (χ2n) is 7.50. The predicted octanol–water partition coefficient (Wildman–Crippen LogP) is 2.29. The Morgan fingerprint density at radius 2 is 1.77 bits per heavy atom. The minimum absolute atomic E-state index is 0.0583. The summed E-state index contributed by atoms with van der Waals surface area (Å²) in [4.78, 5) is 27.3. The van der Waals surface area contributed by atoms with Gasteiger partial charge in [-0.15, -0.1) is 0 Å². The zero-order valence-corrected chi connectivity index (χ0v) is 15.7. The molecule has 1 aromatic rings. The van der Waals surface area contributed by atoms with Crippen LogP contribution in [0.4, 0.5) is 0 Å². The minimum atomic E-state index is -0.0583. The van der Waals surface area contributed by atoms with Crippen LogP contribution in [-0.4, -0.2) is 48.9 Å². The monoisotopic (exact) mass is 357 g/mol. The maximum absolute atomic E-state index is 12.9. The van der Waals surface area contributed by atoms with Crippen LogP contribution in [0.2, 0.25) is 0 Å². The van der Waals surface area contributed by atoms with E-state index in [0.29, 0.717) is 0 Å². The molecule has 2 aliphatic rings. The van der Waals surface area contributed by atoms with Crippen molar-refractivity contribution < 1.29 is 9.59 Å². The van der Waals surface area contributed by atoms with Gasteiger partial charge in [0.15, 0.2) is 0 Å². The number of benzene rings is 1. The molecular weight excluding hydrogens is 326 g/mol. The highest BCUT2D eigenvalue weighted by Crippen LogP contribution is 2.24. The van der Waals surface area contributed by atoms with Gasteiger partial charge in [0.05, 0.1) is 5.92 Å². The van der Waals surface area contributed by atoms with Crippen molar-refractivity contribution in [3.8, 4) is 0 Å². The SMILES string of the molecule is CCC(C(=O)N1CCC(NC(=O)C2CCNCC2)CC1)c1ccccc1. The Balaban J connectivity index is 1.49. The van der Waals surface area contributed by atoms with Crippen molar-refractivity contribution in [2.75, 3.05) is 26.2 Å². The van der Waals surface area contributed by atoms with Gasteiger partial charge >= 0.3 is 0 Å². The predicted molar refractivity (Wildman–Crippen MR) is 103 cm³/mol. The summed E-state index contributed by atoms with van der Waals surface area (Å²) in [6.45, 7) is 5.41. The van der Waals surface area contributed by atoms with Crippen LogP contribution in [0.5, 0.6) is 0 Å². The van der Waals surface area contributed by atoms with Gasteiger partial charge in [0.1, 0.15) is 0 Å². The van der Waals surface area contributed by atoms with E-state index in [-0.39, 0.29) is 29.7 Å². The molecule has 1 unspecified atom stereocenters. The molecule has 3 rings (SSSR count). The van der Waals surface area contributed by atoms with E-state index < -0.39 is 0 Å². The summed E-state index contributed by atoms with van der Waals surface area (Å²) in [5, 5.41) is 6.52. The molecule has 5 heteroatoms. The first kappa shape index (κ1) is 18.9. The lowest BCUT2D eigenvalue weighted by Gasteiger charge is -2.35. The third kappa shape index (κ3) is 4.64. The highest BCUT2D eigenvalue weighted by molar-refractivity contribution is 5.84. The average molecular weight is 357 g/mol. The van der Waals surface area contributed by atoms with Crippen LogP contribution in [0, 0.1) is 5.92 Å². The molecule has 2 N–H and O–H groups in total. The molecular formula is C21H31N3O2. The Morgan fingerprint density at radius 3 is 2.38 bits per heavy atom. The van der Waals surface area contributed by atoms with Crippen LogP contribution in [0.3, 0.4) is 0 Å². The minimum Gasteiger partial charge on any atom is -0.353 e. The lowest BCUT2D eigenvalue weighted by molar-refractivity contribution is -0.134. The molecule has 0 saturated carbocycles. The van der Waals surface area contributed by atoms with E-state index in [4.69, 9.17) is 0 Å². The summed E-state index contributed by atoms with van der Waals surface area (Å²) < 4.78 is 0. The van der Waals surface area contributed by atoms with Gasteiger partial charge in [0.2, 0.25) is 11.8 Å². The number of hydrogen-bond acceptors (Lipinski definition) is 3. The number of carbonyl (C=O) groups is 2. The van der Waals surface area contributed by atoms with Gasteiger partial charge in [-0.3, -0.25) is 9.59 Å². The number of rotatable bonds is 5. The number of likely N-dealkylation sites (tertiary alicyclic amines) is 1. The zero-order chi connectivity index (χ0) is 18.4. The van der Waals surface area contributed by atoms with Gasteiger partial charge in [-0.05, 0) is 50.8 Å². The molecule has 2 amide bonds. The standard InChI is InChI=1S/C21H31N3O2/c1-2-19(16-6-4-3-5-7-16)21(26)24-14-10-18(11-15-24)23-20(25)17-8-12-22-13-9-17/h3-7,17-19,22H,2,8-15H2,1H3,(H,23,25). The molecule has 2 heterocycles. The van der Waals surface area contributed by atoms with Gasteiger partial charge in [0, 0.05) is 25.0 Å². The number of carbonyl (C=O) groups excluding carboxylic acids is 2. The van der Waals surface area contributed by atoms with E-state index in [1.807, 2.05) is 35.2 Å². The molecule has 0 bridgehead atoms. The van der Waals surface area contributed by atoms with E-state index in [0.717, 1.165) is 63.8 Å². The van der Waals surface area contributed by atoms with Crippen molar-refractivity contribution >= 4 is 11.8 Å². The Hall–Kier alpha value is -1.88. The lowest BCUT2D eigenvalue weighted by atomic mass is 9.93. The fourth-order valence-corrected chi connectivity index (χ4v) is 4.11. The van der Waals surface area contributed by atoms with Crippen LogP contribution in [0.15, 0.2) is 30.3 Å². The zero-order valence-electron chi connectivity index (χ0n) is 15.7. The molecule has 142 valence electrons. The Bertz CT molecular complexity index is 591. The summed E-state index contributed by atoms with van der Waals surface area (Å²) in [7, 11) is 0. The average Bonchev–Trinajstić information content (AvgIpc) is 2.70. The fourth-order valence-electron chi connectivity index (χ4n) is 4.11. The van der Waals surface area contributed by atoms with Gasteiger partial charge in [0.25, 0.3) is 0 Å². The van der Waals surface area contributed by atoms with Crippen LogP contribution < -0.4 is 10.6 Å². The number of amides is 2. The molecule has 5 nitrogen and oxygen atoms in total. The first-order valence-electron chi connectivity index (χ1n) is 10.0. The van der Waals surface area contributed by atoms with Crippen molar-refractivity contribution in [2.24, 2.45) is 5.92 Å². The van der Waals surface area contributed by atoms with Crippen LogP contribution in [-0.2, 0) is 9.59 Å². The summed E-state index contributed by atoms with van der Waals surface area (Å²) in [6, 6.07) is 10.3. The van der Waals surface area contributed by atoms with E-state index in [1.165, 1.54) is 0 Å². The molecule has 2 aliphatic heterocycles. The van der Waals surface area contributed by atoms with Crippen LogP contribution in [0.1, 0.15) is 50.5 Å². The first-order valence-corrected chi connectivity index (χ1v) is 10.0. The highest BCUT2D eigenvalue weighted by Gasteiger charge is 2.30. The molecule has 0 radical (unpaired) electrons. The quantitative estimate of drug-likeness (QED) is 0.850. The van der Waals surface area contributed by atoms with E-state index in [1.54, 1.807) is 0 Å². The first-order chi connectivity index (χ1) is 12.7. The summed E-state index contributed by atoms with van der Waals surface area (Å²) in [5.41, 5.74) is 1.10. The van der Waals surface area contributed by atoms with Crippen molar-refractivity contribution in [2.45, 2.75) is 51.0 Å². The molecule has 26 heavy (non-hydrogen) atoms. The Labute approximate surface area is 156 Å². The summed E-state index contributed by atoms with van der Waals surface area (Å²) >= 11 is 0. The van der Waals surface area contributed by atoms with Gasteiger partial charge in [-0.1, -0.05) is 37.3 Å². The maximum Gasteiger partial charge on any atom is 0.230 e. The van der Waals surface area contributed by atoms with E-state index in [2.05, 4.69) is 17.6 Å². The highest BCUT2D eigenvalue weighted by atomic mass is 16.2. The van der Waals surface area contributed by atoms with Gasteiger partial charge in [-0.25, -0.2) is 0 Å². The Morgan fingerprint density at radius 1 is 1.12 bits per heavy atom. The molecule has 1 atom stereocenters.